The predicted molar refractivity (Wildman–Crippen MR) is 74.9 cm³/mol. The maximum atomic E-state index is 5.41. The first-order chi connectivity index (χ1) is 9.76. The summed E-state index contributed by atoms with van der Waals surface area (Å²) in [5.74, 6) is 6.59. The second-order valence-electron chi connectivity index (χ2n) is 4.28. The van der Waals surface area contributed by atoms with Gasteiger partial charge in [-0.1, -0.05) is 0 Å². The quantitative estimate of drug-likeness (QED) is 0.474. The smallest absolute Gasteiger partial charge is 0.180 e. The highest BCUT2D eigenvalue weighted by atomic mass is 15.3. The Labute approximate surface area is 115 Å². The summed E-state index contributed by atoms with van der Waals surface area (Å²) < 4.78 is 1.84. The Bertz CT molecular complexity index is 718. The zero-order valence-corrected chi connectivity index (χ0v) is 10.9. The molecular formula is C12H14N8. The van der Waals surface area contributed by atoms with E-state index < -0.39 is 0 Å². The fourth-order valence-corrected chi connectivity index (χ4v) is 1.80. The molecule has 0 bridgehead atoms. The van der Waals surface area contributed by atoms with E-state index in [1.807, 2.05) is 17.5 Å². The minimum absolute atomic E-state index is 0.511. The second kappa shape index (κ2) is 5.10. The number of nitrogen functional groups attached to an aromatic ring is 1. The lowest BCUT2D eigenvalue weighted by Crippen LogP contribution is -2.12. The third-order valence-electron chi connectivity index (χ3n) is 2.79. The first-order valence-electron chi connectivity index (χ1n) is 6.08. The molecule has 0 radical (unpaired) electrons. The molecule has 8 nitrogen and oxygen atoms in total. The van der Waals surface area contributed by atoms with E-state index in [9.17, 15) is 0 Å². The van der Waals surface area contributed by atoms with Crippen LogP contribution in [-0.4, -0.2) is 24.3 Å². The molecule has 3 heterocycles. The molecule has 0 saturated heterocycles. The summed E-state index contributed by atoms with van der Waals surface area (Å²) in [4.78, 5) is 17.1. The molecule has 3 aromatic rings. The average Bonchev–Trinajstić information content (AvgIpc) is 2.94. The number of fused-ring (bicyclic) bond motifs is 1. The zero-order chi connectivity index (χ0) is 13.9. The van der Waals surface area contributed by atoms with E-state index in [0.717, 1.165) is 17.0 Å². The lowest BCUT2D eigenvalue weighted by atomic mass is 10.4. The highest BCUT2D eigenvalue weighted by molar-refractivity contribution is 5.65. The summed E-state index contributed by atoms with van der Waals surface area (Å²) in [6.07, 6.45) is 8.76. The molecule has 0 aliphatic carbocycles. The predicted octanol–water partition coefficient (Wildman–Crippen LogP) is 0.725. The molecule has 8 heteroatoms. The largest absolute Gasteiger partial charge is 0.361 e. The summed E-state index contributed by atoms with van der Waals surface area (Å²) in [7, 11) is 0. The molecule has 0 fully saturated rings. The van der Waals surface area contributed by atoms with Crippen LogP contribution in [-0.2, 0) is 6.54 Å². The number of rotatable bonds is 4. The van der Waals surface area contributed by atoms with Crippen molar-refractivity contribution in [3.8, 4) is 0 Å². The lowest BCUT2D eigenvalue weighted by Gasteiger charge is -2.08. The summed E-state index contributed by atoms with van der Waals surface area (Å²) in [5.41, 5.74) is 4.97. The summed E-state index contributed by atoms with van der Waals surface area (Å²) >= 11 is 0. The minimum atomic E-state index is 0.511. The van der Waals surface area contributed by atoms with Gasteiger partial charge in [-0.05, 0) is 6.92 Å². The number of anilines is 2. The lowest BCUT2D eigenvalue weighted by molar-refractivity contribution is 0.972. The van der Waals surface area contributed by atoms with E-state index >= 15 is 0 Å². The molecular weight excluding hydrogens is 256 g/mol. The van der Waals surface area contributed by atoms with Crippen LogP contribution in [0.5, 0.6) is 0 Å². The molecule has 102 valence electrons. The molecule has 3 rings (SSSR count). The number of imidazole rings is 1. The molecule has 0 aliphatic heterocycles. The highest BCUT2D eigenvalue weighted by Gasteiger charge is 2.07. The molecule has 0 spiro atoms. The molecule has 0 unspecified atom stereocenters. The van der Waals surface area contributed by atoms with Crippen molar-refractivity contribution < 1.29 is 0 Å². The van der Waals surface area contributed by atoms with Crippen LogP contribution in [0.2, 0.25) is 0 Å². The SMILES string of the molecule is Cc1cnc(CNc2nc(NN)cn3ccnc23)cn1. The number of hydrogen-bond donors (Lipinski definition) is 3. The van der Waals surface area contributed by atoms with Crippen molar-refractivity contribution in [3.63, 3.8) is 0 Å². The van der Waals surface area contributed by atoms with E-state index in [1.165, 1.54) is 0 Å². The van der Waals surface area contributed by atoms with Crippen molar-refractivity contribution >= 4 is 17.3 Å². The van der Waals surface area contributed by atoms with Crippen molar-refractivity contribution in [2.24, 2.45) is 5.84 Å². The van der Waals surface area contributed by atoms with E-state index in [0.29, 0.717) is 18.2 Å². The topological polar surface area (TPSA) is 106 Å². The number of nitrogens with two attached hydrogens (primary N) is 1. The van der Waals surface area contributed by atoms with Gasteiger partial charge in [0.1, 0.15) is 0 Å². The third-order valence-corrected chi connectivity index (χ3v) is 2.79. The highest BCUT2D eigenvalue weighted by Crippen LogP contribution is 2.16. The van der Waals surface area contributed by atoms with Crippen molar-refractivity contribution in [2.75, 3.05) is 10.7 Å². The Hall–Kier alpha value is -2.74. The molecule has 0 aromatic carbocycles. The number of nitrogens with one attached hydrogen (secondary N) is 2. The van der Waals surface area contributed by atoms with Crippen LogP contribution in [0.15, 0.2) is 31.0 Å². The van der Waals surface area contributed by atoms with Gasteiger partial charge in [0.15, 0.2) is 17.3 Å². The summed E-state index contributed by atoms with van der Waals surface area (Å²) in [6, 6.07) is 0. The number of hydrazine groups is 1. The molecule has 3 aromatic heterocycles. The molecule has 20 heavy (non-hydrogen) atoms. The molecule has 0 aliphatic rings. The molecule has 4 N–H and O–H groups in total. The van der Waals surface area contributed by atoms with Crippen LogP contribution in [0.3, 0.4) is 0 Å². The Morgan fingerprint density at radius 3 is 2.90 bits per heavy atom. The first kappa shape index (κ1) is 12.3. The van der Waals surface area contributed by atoms with Crippen molar-refractivity contribution in [1.29, 1.82) is 0 Å². The second-order valence-corrected chi connectivity index (χ2v) is 4.28. The number of aromatic nitrogens is 5. The number of aryl methyl sites for hydroxylation is 1. The number of hydrogen-bond acceptors (Lipinski definition) is 7. The summed E-state index contributed by atoms with van der Waals surface area (Å²) in [6.45, 7) is 2.41. The minimum Gasteiger partial charge on any atom is -0.361 e. The van der Waals surface area contributed by atoms with E-state index in [2.05, 4.69) is 30.7 Å². The fraction of sp³-hybridized carbons (Fsp3) is 0.167. The van der Waals surface area contributed by atoms with Gasteiger partial charge in [0.25, 0.3) is 0 Å². The standard InChI is InChI=1S/C12H14N8/c1-8-4-16-9(5-15-8)6-17-11-12-14-2-3-20(12)7-10(18-11)19-13/h2-5,7,19H,6,13H2,1H3,(H,17,18). The van der Waals surface area contributed by atoms with Crippen molar-refractivity contribution in [2.45, 2.75) is 13.5 Å². The van der Waals surface area contributed by atoms with E-state index in [-0.39, 0.29) is 0 Å². The summed E-state index contributed by atoms with van der Waals surface area (Å²) in [5, 5.41) is 3.19. The number of nitrogens with zero attached hydrogens (tertiary/aromatic N) is 5. The van der Waals surface area contributed by atoms with Crippen LogP contribution in [0.25, 0.3) is 5.65 Å². The Morgan fingerprint density at radius 2 is 2.15 bits per heavy atom. The zero-order valence-electron chi connectivity index (χ0n) is 10.9. The van der Waals surface area contributed by atoms with Crippen LogP contribution in [0.4, 0.5) is 11.6 Å². The molecule has 0 atom stereocenters. The van der Waals surface area contributed by atoms with Gasteiger partial charge in [0.05, 0.1) is 30.3 Å². The molecule has 0 amide bonds. The monoisotopic (exact) mass is 270 g/mol. The van der Waals surface area contributed by atoms with Gasteiger partial charge in [-0.2, -0.15) is 0 Å². The maximum Gasteiger partial charge on any atom is 0.180 e. The fourth-order valence-electron chi connectivity index (χ4n) is 1.80. The van der Waals surface area contributed by atoms with Crippen LogP contribution in [0, 0.1) is 6.92 Å². The van der Waals surface area contributed by atoms with Gasteiger partial charge >= 0.3 is 0 Å². The van der Waals surface area contributed by atoms with Gasteiger partial charge in [-0.25, -0.2) is 15.8 Å². The van der Waals surface area contributed by atoms with Gasteiger partial charge in [-0.15, -0.1) is 0 Å². The normalized spacial score (nSPS) is 10.7. The average molecular weight is 270 g/mol. The van der Waals surface area contributed by atoms with E-state index in [1.54, 1.807) is 24.8 Å². The van der Waals surface area contributed by atoms with Crippen molar-refractivity contribution in [3.05, 3.63) is 42.4 Å². The Balaban J connectivity index is 1.86. The van der Waals surface area contributed by atoms with Gasteiger partial charge in [0, 0.05) is 18.6 Å². The first-order valence-corrected chi connectivity index (χ1v) is 6.08. The van der Waals surface area contributed by atoms with Gasteiger partial charge in [0.2, 0.25) is 0 Å². The van der Waals surface area contributed by atoms with Crippen molar-refractivity contribution in [1.82, 2.24) is 24.3 Å². The van der Waals surface area contributed by atoms with Gasteiger partial charge < -0.3 is 15.1 Å². The maximum absolute atomic E-state index is 5.41. The Morgan fingerprint density at radius 1 is 1.25 bits per heavy atom. The van der Waals surface area contributed by atoms with Crippen LogP contribution in [0.1, 0.15) is 11.4 Å². The third kappa shape index (κ3) is 2.36. The van der Waals surface area contributed by atoms with E-state index in [4.69, 9.17) is 5.84 Å². The van der Waals surface area contributed by atoms with Crippen LogP contribution >= 0.6 is 0 Å². The van der Waals surface area contributed by atoms with Crippen LogP contribution < -0.4 is 16.6 Å². The van der Waals surface area contributed by atoms with Gasteiger partial charge in [-0.3, -0.25) is 9.97 Å². The molecule has 0 saturated carbocycles. The Kier molecular flexibility index (Phi) is 3.13.